The molecule has 3 rings (SSSR count). The maximum Gasteiger partial charge on any atom is 0.325 e. The maximum absolute atomic E-state index is 12.9. The lowest BCUT2D eigenvalue weighted by atomic mass is 10.2. The van der Waals surface area contributed by atoms with E-state index in [4.69, 9.17) is 0 Å². The largest absolute Gasteiger partial charge is 0.352 e. The van der Waals surface area contributed by atoms with Crippen LogP contribution in [0.4, 0.5) is 20.0 Å². The Morgan fingerprint density at radius 3 is 2.50 bits per heavy atom. The van der Waals surface area contributed by atoms with Crippen molar-refractivity contribution >= 4 is 34.1 Å². The molecule has 0 radical (unpaired) electrons. The van der Waals surface area contributed by atoms with Gasteiger partial charge in [0, 0.05) is 24.0 Å². The Balaban J connectivity index is 1.40. The molecule has 0 fully saturated rings. The van der Waals surface area contributed by atoms with Gasteiger partial charge in [0.15, 0.2) is 5.13 Å². The molecule has 0 aliphatic heterocycles. The van der Waals surface area contributed by atoms with Crippen molar-refractivity contribution in [2.24, 2.45) is 0 Å². The van der Waals surface area contributed by atoms with Crippen molar-refractivity contribution in [3.63, 3.8) is 0 Å². The van der Waals surface area contributed by atoms with Gasteiger partial charge in [-0.1, -0.05) is 30.3 Å². The highest BCUT2D eigenvalue weighted by Gasteiger charge is 2.09. The van der Waals surface area contributed by atoms with Gasteiger partial charge in [0.2, 0.25) is 5.91 Å². The monoisotopic (exact) mass is 398 g/mol. The Morgan fingerprint density at radius 1 is 1.00 bits per heavy atom. The quantitative estimate of drug-likeness (QED) is 0.558. The minimum atomic E-state index is -0.371. The van der Waals surface area contributed by atoms with E-state index in [2.05, 4.69) is 20.9 Å². The van der Waals surface area contributed by atoms with Gasteiger partial charge >= 0.3 is 6.03 Å². The fourth-order valence-corrected chi connectivity index (χ4v) is 3.13. The number of hydrogen-bond donors (Lipinski definition) is 3. The van der Waals surface area contributed by atoms with Gasteiger partial charge < -0.3 is 10.6 Å². The number of aromatic nitrogens is 1. The number of carbonyl (C=O) groups is 2. The zero-order valence-electron chi connectivity index (χ0n) is 14.9. The zero-order chi connectivity index (χ0) is 19.8. The fraction of sp³-hybridized carbons (Fsp3) is 0.150. The van der Waals surface area contributed by atoms with E-state index in [1.807, 2.05) is 23.6 Å². The van der Waals surface area contributed by atoms with Crippen LogP contribution in [0.15, 0.2) is 60.0 Å². The number of aryl methyl sites for hydroxylation is 1. The molecule has 0 atom stereocenters. The second-order valence-electron chi connectivity index (χ2n) is 5.99. The Kier molecular flexibility index (Phi) is 6.69. The molecule has 3 aromatic rings. The Bertz CT molecular complexity index is 929. The normalized spacial score (nSPS) is 10.3. The molecule has 0 bridgehead atoms. The highest BCUT2D eigenvalue weighted by molar-refractivity contribution is 7.13. The van der Waals surface area contributed by atoms with E-state index in [9.17, 15) is 14.0 Å². The van der Waals surface area contributed by atoms with Crippen LogP contribution in [0.3, 0.4) is 0 Å². The average Bonchev–Trinajstić information content (AvgIpc) is 3.14. The van der Waals surface area contributed by atoms with Gasteiger partial charge in [0.1, 0.15) is 5.82 Å². The first-order valence-corrected chi connectivity index (χ1v) is 9.55. The van der Waals surface area contributed by atoms with Crippen LogP contribution in [0, 0.1) is 5.82 Å². The summed E-state index contributed by atoms with van der Waals surface area (Å²) in [6, 6.07) is 14.7. The lowest BCUT2D eigenvalue weighted by Gasteiger charge is -2.05. The molecular formula is C20H19FN4O2S. The van der Waals surface area contributed by atoms with Gasteiger partial charge in [-0.15, -0.1) is 11.3 Å². The van der Waals surface area contributed by atoms with Crippen molar-refractivity contribution in [2.45, 2.75) is 19.4 Å². The summed E-state index contributed by atoms with van der Waals surface area (Å²) in [6.45, 7) is 0.350. The second kappa shape index (κ2) is 9.61. The van der Waals surface area contributed by atoms with Crippen molar-refractivity contribution in [3.05, 3.63) is 77.1 Å². The van der Waals surface area contributed by atoms with Crippen molar-refractivity contribution in [1.29, 1.82) is 0 Å². The van der Waals surface area contributed by atoms with Crippen LogP contribution in [-0.2, 0) is 17.8 Å². The number of nitrogens with one attached hydrogen (secondary N) is 3. The van der Waals surface area contributed by atoms with E-state index < -0.39 is 0 Å². The number of thiazole rings is 1. The number of hydrogen-bond acceptors (Lipinski definition) is 4. The predicted octanol–water partition coefficient (Wildman–Crippen LogP) is 4.18. The highest BCUT2D eigenvalue weighted by atomic mass is 32.1. The fourth-order valence-electron chi connectivity index (χ4n) is 2.39. The standard InChI is InChI=1S/C20H19FN4O2S/c21-15-8-6-14(7-9-15)12-22-18(26)11-10-17-13-28-20(24-17)25-19(27)23-16-4-2-1-3-5-16/h1-9,13H,10-12H2,(H,22,26)(H2,23,24,25,27). The third-order valence-corrected chi connectivity index (χ3v) is 4.62. The summed E-state index contributed by atoms with van der Waals surface area (Å²) in [5.74, 6) is -0.422. The molecule has 0 saturated carbocycles. The predicted molar refractivity (Wildman–Crippen MR) is 108 cm³/mol. The number of anilines is 2. The molecule has 1 heterocycles. The van der Waals surface area contributed by atoms with Gasteiger partial charge in [-0.3, -0.25) is 10.1 Å². The summed E-state index contributed by atoms with van der Waals surface area (Å²) in [7, 11) is 0. The molecule has 3 amide bonds. The molecule has 3 N–H and O–H groups in total. The molecule has 28 heavy (non-hydrogen) atoms. The number of nitrogens with zero attached hydrogens (tertiary/aromatic N) is 1. The van der Waals surface area contributed by atoms with Crippen LogP contribution in [0.25, 0.3) is 0 Å². The summed E-state index contributed by atoms with van der Waals surface area (Å²) >= 11 is 1.30. The molecule has 2 aromatic carbocycles. The van der Waals surface area contributed by atoms with Gasteiger partial charge in [-0.2, -0.15) is 0 Å². The maximum atomic E-state index is 12.9. The summed E-state index contributed by atoms with van der Waals surface area (Å²) in [5, 5.41) is 10.5. The number of benzene rings is 2. The lowest BCUT2D eigenvalue weighted by Crippen LogP contribution is -2.23. The van der Waals surface area contributed by atoms with Crippen molar-refractivity contribution < 1.29 is 14.0 Å². The van der Waals surface area contributed by atoms with Crippen molar-refractivity contribution in [3.8, 4) is 0 Å². The van der Waals surface area contributed by atoms with E-state index in [-0.39, 0.29) is 24.2 Å². The molecule has 144 valence electrons. The van der Waals surface area contributed by atoms with Gasteiger partial charge in [-0.25, -0.2) is 14.2 Å². The zero-order valence-corrected chi connectivity index (χ0v) is 15.8. The first kappa shape index (κ1) is 19.5. The van der Waals surface area contributed by atoms with E-state index in [1.165, 1.54) is 23.5 Å². The molecule has 8 heteroatoms. The number of halogens is 1. The molecule has 6 nitrogen and oxygen atoms in total. The first-order valence-electron chi connectivity index (χ1n) is 8.67. The average molecular weight is 398 g/mol. The van der Waals surface area contributed by atoms with Crippen LogP contribution in [-0.4, -0.2) is 16.9 Å². The topological polar surface area (TPSA) is 83.1 Å². The first-order chi connectivity index (χ1) is 13.6. The SMILES string of the molecule is O=C(CCc1csc(NC(=O)Nc2ccccc2)n1)NCc1ccc(F)cc1. The number of carbonyl (C=O) groups excluding carboxylic acids is 2. The summed E-state index contributed by atoms with van der Waals surface area (Å²) < 4.78 is 12.9. The lowest BCUT2D eigenvalue weighted by molar-refractivity contribution is -0.121. The van der Waals surface area contributed by atoms with E-state index in [0.29, 0.717) is 23.8 Å². The summed E-state index contributed by atoms with van der Waals surface area (Å²) in [6.07, 6.45) is 0.744. The molecule has 0 spiro atoms. The molecular weight excluding hydrogens is 379 g/mol. The van der Waals surface area contributed by atoms with Crippen LogP contribution in [0.2, 0.25) is 0 Å². The number of rotatable bonds is 7. The smallest absolute Gasteiger partial charge is 0.325 e. The van der Waals surface area contributed by atoms with Crippen LogP contribution < -0.4 is 16.0 Å². The Morgan fingerprint density at radius 2 is 1.75 bits per heavy atom. The van der Waals surface area contributed by atoms with E-state index >= 15 is 0 Å². The van der Waals surface area contributed by atoms with Gasteiger partial charge in [0.25, 0.3) is 0 Å². The Hall–Kier alpha value is -3.26. The minimum Gasteiger partial charge on any atom is -0.352 e. The van der Waals surface area contributed by atoms with E-state index in [1.54, 1.807) is 24.3 Å². The second-order valence-corrected chi connectivity index (χ2v) is 6.85. The van der Waals surface area contributed by atoms with Crippen LogP contribution >= 0.6 is 11.3 Å². The molecule has 0 aliphatic rings. The summed E-state index contributed by atoms with van der Waals surface area (Å²) in [5.41, 5.74) is 2.26. The van der Waals surface area contributed by atoms with Gasteiger partial charge in [0.05, 0.1) is 5.69 Å². The number of urea groups is 1. The summed E-state index contributed by atoms with van der Waals surface area (Å²) in [4.78, 5) is 28.2. The number of amides is 3. The third kappa shape index (κ3) is 6.17. The molecule has 0 unspecified atom stereocenters. The number of para-hydroxylation sites is 1. The van der Waals surface area contributed by atoms with E-state index in [0.717, 1.165) is 11.3 Å². The van der Waals surface area contributed by atoms with Crippen LogP contribution in [0.1, 0.15) is 17.7 Å². The Labute approximate surface area is 165 Å². The third-order valence-electron chi connectivity index (χ3n) is 3.82. The van der Waals surface area contributed by atoms with Gasteiger partial charge in [-0.05, 0) is 36.2 Å². The van der Waals surface area contributed by atoms with Crippen LogP contribution in [0.5, 0.6) is 0 Å². The molecule has 0 aliphatic carbocycles. The molecule has 0 saturated heterocycles. The van der Waals surface area contributed by atoms with Crippen molar-refractivity contribution in [2.75, 3.05) is 10.6 Å². The highest BCUT2D eigenvalue weighted by Crippen LogP contribution is 2.17. The molecule has 1 aromatic heterocycles. The van der Waals surface area contributed by atoms with Crippen molar-refractivity contribution in [1.82, 2.24) is 10.3 Å². The minimum absolute atomic E-state index is 0.117.